The second kappa shape index (κ2) is 9.85. The number of halogens is 5. The molecule has 0 radical (unpaired) electrons. The van der Waals surface area contributed by atoms with Crippen LogP contribution in [0.2, 0.25) is 10.0 Å². The van der Waals surface area contributed by atoms with E-state index in [2.05, 4.69) is 5.32 Å². The molecule has 0 aliphatic carbocycles. The first-order valence-electron chi connectivity index (χ1n) is 9.81. The molecule has 34 heavy (non-hydrogen) atoms. The van der Waals surface area contributed by atoms with Crippen molar-refractivity contribution in [3.8, 4) is 0 Å². The minimum Gasteiger partial charge on any atom is -0.323 e. The Balaban J connectivity index is 1.98. The fraction of sp³-hybridized carbons (Fsp3) is 0.174. The summed E-state index contributed by atoms with van der Waals surface area (Å²) in [6.07, 6.45) is -4.65. The highest BCUT2D eigenvalue weighted by Crippen LogP contribution is 2.34. The summed E-state index contributed by atoms with van der Waals surface area (Å²) in [6, 6.07) is 12.7. The Hall–Kier alpha value is -2.75. The SMILES string of the molecule is Cc1ccc(N(CC(=O)Nc2cc(C(F)(F)F)ccc2Cl)S(=O)(=O)c2ccc(Cl)cc2)cc1C. The van der Waals surface area contributed by atoms with Gasteiger partial charge < -0.3 is 5.32 Å². The van der Waals surface area contributed by atoms with E-state index in [4.69, 9.17) is 23.2 Å². The smallest absolute Gasteiger partial charge is 0.323 e. The molecule has 180 valence electrons. The predicted molar refractivity (Wildman–Crippen MR) is 127 cm³/mol. The Morgan fingerprint density at radius 1 is 0.941 bits per heavy atom. The summed E-state index contributed by atoms with van der Waals surface area (Å²) in [5.41, 5.74) is 0.615. The Bertz CT molecular complexity index is 1330. The highest BCUT2D eigenvalue weighted by molar-refractivity contribution is 7.92. The molecule has 0 spiro atoms. The standard InChI is InChI=1S/C23H19Cl2F3N2O3S/c1-14-3-7-18(11-15(14)2)30(34(32,33)19-8-5-17(24)6-9-19)13-22(31)29-21-12-16(23(26,27)28)4-10-20(21)25/h3-12H,13H2,1-2H3,(H,29,31). The van der Waals surface area contributed by atoms with E-state index in [1.807, 2.05) is 6.92 Å². The maximum Gasteiger partial charge on any atom is 0.416 e. The van der Waals surface area contributed by atoms with Gasteiger partial charge >= 0.3 is 6.18 Å². The lowest BCUT2D eigenvalue weighted by Crippen LogP contribution is -2.38. The van der Waals surface area contributed by atoms with Gasteiger partial charge in [0, 0.05) is 5.02 Å². The molecule has 5 nitrogen and oxygen atoms in total. The Morgan fingerprint density at radius 2 is 1.59 bits per heavy atom. The minimum absolute atomic E-state index is 0.111. The molecule has 0 aliphatic rings. The van der Waals surface area contributed by atoms with Gasteiger partial charge in [-0.2, -0.15) is 13.2 Å². The largest absolute Gasteiger partial charge is 0.416 e. The Labute approximate surface area is 205 Å². The van der Waals surface area contributed by atoms with Crippen LogP contribution in [0.5, 0.6) is 0 Å². The third-order valence-corrected chi connectivity index (χ3v) is 7.40. The van der Waals surface area contributed by atoms with Crippen LogP contribution in [0, 0.1) is 13.8 Å². The average molecular weight is 531 g/mol. The summed E-state index contributed by atoms with van der Waals surface area (Å²) in [4.78, 5) is 12.7. The van der Waals surface area contributed by atoms with Crippen LogP contribution < -0.4 is 9.62 Å². The van der Waals surface area contributed by atoms with Crippen LogP contribution in [0.4, 0.5) is 24.5 Å². The van der Waals surface area contributed by atoms with Crippen LogP contribution in [0.25, 0.3) is 0 Å². The van der Waals surface area contributed by atoms with Gasteiger partial charge in [0.25, 0.3) is 10.0 Å². The summed E-state index contributed by atoms with van der Waals surface area (Å²) in [5, 5.41) is 2.49. The summed E-state index contributed by atoms with van der Waals surface area (Å²) >= 11 is 11.8. The van der Waals surface area contributed by atoms with Crippen LogP contribution >= 0.6 is 23.2 Å². The van der Waals surface area contributed by atoms with E-state index in [-0.39, 0.29) is 21.3 Å². The number of amides is 1. The summed E-state index contributed by atoms with van der Waals surface area (Å²) in [6.45, 7) is 2.92. The van der Waals surface area contributed by atoms with Crippen LogP contribution in [-0.4, -0.2) is 20.9 Å². The van der Waals surface area contributed by atoms with E-state index < -0.39 is 34.2 Å². The van der Waals surface area contributed by atoms with Crippen molar-refractivity contribution in [2.75, 3.05) is 16.2 Å². The molecule has 1 N–H and O–H groups in total. The van der Waals surface area contributed by atoms with E-state index in [0.717, 1.165) is 27.6 Å². The van der Waals surface area contributed by atoms with Crippen molar-refractivity contribution >= 4 is 50.5 Å². The number of benzene rings is 3. The second-order valence-corrected chi connectivity index (χ2v) is 10.2. The maximum atomic E-state index is 13.4. The van der Waals surface area contributed by atoms with Crippen molar-refractivity contribution in [3.63, 3.8) is 0 Å². The highest BCUT2D eigenvalue weighted by Gasteiger charge is 2.32. The van der Waals surface area contributed by atoms with Gasteiger partial charge in [-0.3, -0.25) is 9.10 Å². The molecule has 0 fully saturated rings. The molecule has 0 bridgehead atoms. The van der Waals surface area contributed by atoms with Crippen LogP contribution in [0.1, 0.15) is 16.7 Å². The monoisotopic (exact) mass is 530 g/mol. The van der Waals surface area contributed by atoms with Gasteiger partial charge in [0.15, 0.2) is 0 Å². The number of sulfonamides is 1. The first-order chi connectivity index (χ1) is 15.8. The molecular weight excluding hydrogens is 512 g/mol. The molecular formula is C23H19Cl2F3N2O3S. The molecule has 0 saturated heterocycles. The number of alkyl halides is 3. The molecule has 3 rings (SSSR count). The number of rotatable bonds is 6. The van der Waals surface area contributed by atoms with Crippen molar-refractivity contribution in [1.82, 2.24) is 0 Å². The Morgan fingerprint density at radius 3 is 2.18 bits per heavy atom. The van der Waals surface area contributed by atoms with E-state index in [1.54, 1.807) is 25.1 Å². The van der Waals surface area contributed by atoms with Gasteiger partial charge in [0.2, 0.25) is 5.91 Å². The third kappa shape index (κ3) is 5.84. The Kier molecular flexibility index (Phi) is 7.50. The quantitative estimate of drug-likeness (QED) is 0.397. The molecule has 0 unspecified atom stereocenters. The number of nitrogens with one attached hydrogen (secondary N) is 1. The third-order valence-electron chi connectivity index (χ3n) is 5.04. The van der Waals surface area contributed by atoms with E-state index >= 15 is 0 Å². The molecule has 3 aromatic rings. The normalized spacial score (nSPS) is 11.9. The number of nitrogens with zero attached hydrogens (tertiary/aromatic N) is 1. The van der Waals surface area contributed by atoms with Crippen LogP contribution in [-0.2, 0) is 21.0 Å². The van der Waals surface area contributed by atoms with Crippen molar-refractivity contribution in [2.24, 2.45) is 0 Å². The van der Waals surface area contributed by atoms with Gasteiger partial charge in [-0.1, -0.05) is 29.3 Å². The molecule has 3 aromatic carbocycles. The van der Waals surface area contributed by atoms with Gasteiger partial charge in [-0.25, -0.2) is 8.42 Å². The number of carbonyl (C=O) groups is 1. The fourth-order valence-electron chi connectivity index (χ4n) is 3.05. The number of anilines is 2. The van der Waals surface area contributed by atoms with E-state index in [9.17, 15) is 26.4 Å². The lowest BCUT2D eigenvalue weighted by Gasteiger charge is -2.25. The first kappa shape index (κ1) is 25.9. The number of aryl methyl sites for hydroxylation is 2. The zero-order valence-electron chi connectivity index (χ0n) is 18.0. The lowest BCUT2D eigenvalue weighted by atomic mass is 10.1. The van der Waals surface area contributed by atoms with Gasteiger partial charge in [0.1, 0.15) is 6.54 Å². The van der Waals surface area contributed by atoms with Crippen molar-refractivity contribution < 1.29 is 26.4 Å². The van der Waals surface area contributed by atoms with Gasteiger partial charge in [-0.05, 0) is 79.6 Å². The number of hydrogen-bond donors (Lipinski definition) is 1. The molecule has 1 amide bonds. The van der Waals surface area contributed by atoms with Crippen LogP contribution in [0.15, 0.2) is 65.6 Å². The predicted octanol–water partition coefficient (Wildman–Crippen LogP) is 6.46. The molecule has 0 atom stereocenters. The van der Waals surface area contributed by atoms with Crippen molar-refractivity contribution in [1.29, 1.82) is 0 Å². The average Bonchev–Trinajstić information content (AvgIpc) is 2.75. The maximum absolute atomic E-state index is 13.4. The van der Waals surface area contributed by atoms with E-state index in [0.29, 0.717) is 11.1 Å². The summed E-state index contributed by atoms with van der Waals surface area (Å²) in [5.74, 6) is -0.878. The number of carbonyl (C=O) groups excluding carboxylic acids is 1. The minimum atomic E-state index is -4.65. The van der Waals surface area contributed by atoms with Gasteiger partial charge in [-0.15, -0.1) is 0 Å². The van der Waals surface area contributed by atoms with Crippen molar-refractivity contribution in [2.45, 2.75) is 24.9 Å². The lowest BCUT2D eigenvalue weighted by molar-refractivity contribution is -0.137. The second-order valence-electron chi connectivity index (χ2n) is 7.47. The highest BCUT2D eigenvalue weighted by atomic mass is 35.5. The zero-order chi connectivity index (χ0) is 25.3. The number of hydrogen-bond acceptors (Lipinski definition) is 3. The van der Waals surface area contributed by atoms with Gasteiger partial charge in [0.05, 0.1) is 26.9 Å². The zero-order valence-corrected chi connectivity index (χ0v) is 20.3. The molecule has 11 heteroatoms. The summed E-state index contributed by atoms with van der Waals surface area (Å²) in [7, 11) is -4.23. The topological polar surface area (TPSA) is 66.5 Å². The molecule has 0 aliphatic heterocycles. The van der Waals surface area contributed by atoms with Crippen LogP contribution in [0.3, 0.4) is 0 Å². The summed E-state index contributed by atoms with van der Waals surface area (Å²) < 4.78 is 66.9. The molecule has 0 aromatic heterocycles. The fourth-order valence-corrected chi connectivity index (χ4v) is 4.75. The molecule has 0 saturated carbocycles. The molecule has 0 heterocycles. The first-order valence-corrected chi connectivity index (χ1v) is 12.0. The van der Waals surface area contributed by atoms with Crippen molar-refractivity contribution in [3.05, 3.63) is 87.4 Å². The van der Waals surface area contributed by atoms with E-state index in [1.165, 1.54) is 24.3 Å².